The number of amides is 1. The fourth-order valence-electron chi connectivity index (χ4n) is 3.54. The summed E-state index contributed by atoms with van der Waals surface area (Å²) in [4.78, 5) is 64.1. The smallest absolute Gasteiger partial charge is 0.305 e. The van der Waals surface area contributed by atoms with Gasteiger partial charge < -0.3 is 29.0 Å². The van der Waals surface area contributed by atoms with E-state index in [1.807, 2.05) is 20.0 Å². The molecule has 5 atom stereocenters. The third-order valence-corrected chi connectivity index (χ3v) is 4.88. The quantitative estimate of drug-likeness (QED) is 0.199. The number of hydrogen-bond acceptors (Lipinski definition) is 11. The van der Waals surface area contributed by atoms with E-state index in [1.165, 1.54) is 0 Å². The van der Waals surface area contributed by atoms with Gasteiger partial charge in [0, 0.05) is 39.8 Å². The molecule has 2 rings (SSSR count). The van der Waals surface area contributed by atoms with Gasteiger partial charge in [-0.05, 0) is 24.7 Å². The fraction of sp³-hybridized carbons (Fsp3) is 0.478. The largest absolute Gasteiger partial charge is 0.456 e. The molecule has 194 valence electrons. The van der Waals surface area contributed by atoms with Gasteiger partial charge in [0.2, 0.25) is 18.3 Å². The van der Waals surface area contributed by atoms with Crippen molar-refractivity contribution in [3.8, 4) is 0 Å². The minimum absolute atomic E-state index is 0.231. The zero-order chi connectivity index (χ0) is 27.0. The second kappa shape index (κ2) is 12.8. The Morgan fingerprint density at radius 2 is 1.44 bits per heavy atom. The van der Waals surface area contributed by atoms with Crippen LogP contribution in [0, 0.1) is 0 Å². The number of pyridine rings is 1. The van der Waals surface area contributed by atoms with Crippen molar-refractivity contribution in [3.63, 3.8) is 0 Å². The summed E-state index contributed by atoms with van der Waals surface area (Å²) in [7, 11) is 1.82. The third-order valence-electron chi connectivity index (χ3n) is 4.88. The number of rotatable bonds is 8. The molecule has 12 nitrogen and oxygen atoms in total. The molecule has 2 heterocycles. The van der Waals surface area contributed by atoms with Gasteiger partial charge >= 0.3 is 23.9 Å². The van der Waals surface area contributed by atoms with Crippen LogP contribution in [-0.4, -0.2) is 79.9 Å². The number of nitrogens with one attached hydrogen (secondary N) is 1. The van der Waals surface area contributed by atoms with E-state index in [0.29, 0.717) is 11.3 Å². The van der Waals surface area contributed by atoms with Gasteiger partial charge in [-0.25, -0.2) is 0 Å². The summed E-state index contributed by atoms with van der Waals surface area (Å²) in [5.41, 5.74) is 1.70. The van der Waals surface area contributed by atoms with E-state index in [9.17, 15) is 24.0 Å². The summed E-state index contributed by atoms with van der Waals surface area (Å²) >= 11 is 0. The lowest BCUT2D eigenvalue weighted by molar-refractivity contribution is -0.294. The Kier molecular flexibility index (Phi) is 10.1. The SMILES string of the molecule is Bc1cccc(/C=C(\C)C(=O)NC[C@H]2O[C@H](OC(C)=O)[C@H](OC(C)=O)[C@@H](OC(C)=O)[C@H]2OC(C)=O)n1. The first-order chi connectivity index (χ1) is 16.9. The predicted molar refractivity (Wildman–Crippen MR) is 126 cm³/mol. The van der Waals surface area contributed by atoms with Gasteiger partial charge in [-0.3, -0.25) is 29.0 Å². The lowest BCUT2D eigenvalue weighted by Crippen LogP contribution is -2.64. The molecular formula is C23H29BN2O10. The van der Waals surface area contributed by atoms with Crippen molar-refractivity contribution in [1.82, 2.24) is 10.3 Å². The molecule has 0 spiro atoms. The Labute approximate surface area is 209 Å². The third kappa shape index (κ3) is 8.49. The van der Waals surface area contributed by atoms with Crippen LogP contribution in [0.2, 0.25) is 0 Å². The Morgan fingerprint density at radius 3 is 2.00 bits per heavy atom. The van der Waals surface area contributed by atoms with E-state index >= 15 is 0 Å². The first-order valence-electron chi connectivity index (χ1n) is 11.1. The molecular weight excluding hydrogens is 475 g/mol. The summed E-state index contributed by atoms with van der Waals surface area (Å²) in [5, 5.41) is 2.65. The molecule has 1 N–H and O–H groups in total. The van der Waals surface area contributed by atoms with E-state index < -0.39 is 60.5 Å². The zero-order valence-electron chi connectivity index (χ0n) is 20.9. The van der Waals surface area contributed by atoms with Crippen LogP contribution in [-0.2, 0) is 47.7 Å². The van der Waals surface area contributed by atoms with Gasteiger partial charge in [-0.2, -0.15) is 0 Å². The van der Waals surface area contributed by atoms with Crippen LogP contribution in [0.1, 0.15) is 40.3 Å². The van der Waals surface area contributed by atoms with Crippen LogP contribution in [0.25, 0.3) is 6.08 Å². The van der Waals surface area contributed by atoms with Crippen LogP contribution in [0.4, 0.5) is 0 Å². The number of ether oxygens (including phenoxy) is 5. The van der Waals surface area contributed by atoms with Gasteiger partial charge in [0.1, 0.15) is 6.10 Å². The van der Waals surface area contributed by atoms with E-state index in [4.69, 9.17) is 23.7 Å². The van der Waals surface area contributed by atoms with Crippen LogP contribution < -0.4 is 10.9 Å². The lowest BCUT2D eigenvalue weighted by atomic mass is 9.97. The van der Waals surface area contributed by atoms with E-state index in [1.54, 1.807) is 19.1 Å². The topological polar surface area (TPSA) is 156 Å². The van der Waals surface area contributed by atoms with Gasteiger partial charge in [-0.15, -0.1) is 0 Å². The van der Waals surface area contributed by atoms with Crippen molar-refractivity contribution in [2.24, 2.45) is 0 Å². The molecule has 1 aromatic rings. The Hall–Kier alpha value is -3.74. The number of esters is 4. The normalized spacial score (nSPS) is 23.7. The monoisotopic (exact) mass is 504 g/mol. The number of aromatic nitrogens is 1. The minimum Gasteiger partial charge on any atom is -0.456 e. The Bertz CT molecular complexity index is 1040. The summed E-state index contributed by atoms with van der Waals surface area (Å²) < 4.78 is 26.8. The van der Waals surface area contributed by atoms with E-state index in [2.05, 4.69) is 10.3 Å². The van der Waals surface area contributed by atoms with Crippen LogP contribution in [0.15, 0.2) is 23.8 Å². The van der Waals surface area contributed by atoms with Crippen molar-refractivity contribution in [1.29, 1.82) is 0 Å². The maximum absolute atomic E-state index is 12.7. The summed E-state index contributed by atoms with van der Waals surface area (Å²) in [6.45, 7) is 5.80. The number of nitrogens with zero attached hydrogens (tertiary/aromatic N) is 1. The molecule has 0 aromatic carbocycles. The average molecular weight is 504 g/mol. The van der Waals surface area contributed by atoms with Crippen molar-refractivity contribution in [3.05, 3.63) is 29.5 Å². The van der Waals surface area contributed by atoms with Crippen molar-refractivity contribution in [2.45, 2.75) is 65.3 Å². The molecule has 0 aliphatic carbocycles. The molecule has 1 aliphatic rings. The first-order valence-corrected chi connectivity index (χ1v) is 11.1. The van der Waals surface area contributed by atoms with Gasteiger partial charge in [0.25, 0.3) is 0 Å². The molecule has 0 radical (unpaired) electrons. The highest BCUT2D eigenvalue weighted by atomic mass is 16.7. The summed E-state index contributed by atoms with van der Waals surface area (Å²) in [5.74, 6) is -3.54. The second-order valence-electron chi connectivity index (χ2n) is 8.12. The Balaban J connectivity index is 2.31. The highest BCUT2D eigenvalue weighted by Gasteiger charge is 2.53. The standard InChI is InChI=1S/C23H29BN2O10/c1-11(9-16-7-6-8-18(24)26-16)22(31)25-10-17-19(32-12(2)27)20(33-13(3)28)21(34-14(4)29)23(36-17)35-15(5)30/h6-9,17,19-21,23H,10,24H2,1-5H3,(H,25,31)/b11-9+/t17-,19+,20+,21-,23+/m1/s1. The molecule has 13 heteroatoms. The second-order valence-corrected chi connectivity index (χ2v) is 8.12. The zero-order valence-corrected chi connectivity index (χ0v) is 20.9. The van der Waals surface area contributed by atoms with Gasteiger partial charge in [0.05, 0.1) is 5.69 Å². The van der Waals surface area contributed by atoms with Crippen molar-refractivity contribution in [2.75, 3.05) is 6.54 Å². The molecule has 1 saturated heterocycles. The van der Waals surface area contributed by atoms with Crippen LogP contribution in [0.5, 0.6) is 0 Å². The summed E-state index contributed by atoms with van der Waals surface area (Å²) in [6, 6.07) is 5.38. The van der Waals surface area contributed by atoms with E-state index in [0.717, 1.165) is 33.3 Å². The van der Waals surface area contributed by atoms with Crippen molar-refractivity contribution < 1.29 is 47.7 Å². The molecule has 1 aliphatic heterocycles. The molecule has 0 saturated carbocycles. The van der Waals surface area contributed by atoms with Crippen LogP contribution >= 0.6 is 0 Å². The van der Waals surface area contributed by atoms with Crippen LogP contribution in [0.3, 0.4) is 0 Å². The average Bonchev–Trinajstić information content (AvgIpc) is 2.75. The maximum Gasteiger partial charge on any atom is 0.305 e. The highest BCUT2D eigenvalue weighted by molar-refractivity contribution is 6.30. The lowest BCUT2D eigenvalue weighted by Gasteiger charge is -2.43. The number of carbonyl (C=O) groups excluding carboxylic acids is 5. The fourth-order valence-corrected chi connectivity index (χ4v) is 3.54. The molecule has 36 heavy (non-hydrogen) atoms. The predicted octanol–water partition coefficient (Wildman–Crippen LogP) is -1.06. The maximum atomic E-state index is 12.7. The highest BCUT2D eigenvalue weighted by Crippen LogP contribution is 2.29. The van der Waals surface area contributed by atoms with Crippen molar-refractivity contribution >= 4 is 49.3 Å². The number of hydrogen-bond donors (Lipinski definition) is 1. The molecule has 1 fully saturated rings. The molecule has 0 unspecified atom stereocenters. The summed E-state index contributed by atoms with van der Waals surface area (Å²) in [6.07, 6.45) is -5.16. The molecule has 1 aromatic heterocycles. The van der Waals surface area contributed by atoms with Gasteiger partial charge in [-0.1, -0.05) is 12.1 Å². The first kappa shape index (κ1) is 28.5. The van der Waals surface area contributed by atoms with Gasteiger partial charge in [0.15, 0.2) is 20.1 Å². The number of carbonyl (C=O) groups is 5. The molecule has 0 bridgehead atoms. The van der Waals surface area contributed by atoms with E-state index in [-0.39, 0.29) is 6.54 Å². The Morgan fingerprint density at radius 1 is 0.889 bits per heavy atom. The molecule has 1 amide bonds. The minimum atomic E-state index is -1.50.